The fourth-order valence-corrected chi connectivity index (χ4v) is 5.90. The lowest BCUT2D eigenvalue weighted by Crippen LogP contribution is -2.52. The van der Waals surface area contributed by atoms with Crippen LogP contribution in [0.25, 0.3) is 10.9 Å². The molecule has 2 heterocycles. The lowest BCUT2D eigenvalue weighted by molar-refractivity contribution is -0.123. The van der Waals surface area contributed by atoms with Crippen LogP contribution in [-0.4, -0.2) is 72.6 Å². The average Bonchev–Trinajstić information content (AvgIpc) is 3.39. The summed E-state index contributed by atoms with van der Waals surface area (Å²) in [4.78, 5) is 35.0. The Bertz CT molecular complexity index is 1370. The van der Waals surface area contributed by atoms with Crippen LogP contribution in [0.1, 0.15) is 67.9 Å². The molecule has 7 heteroatoms. The standard InChI is InChI=1S/C35H48N4O3/c1-24(2)10-9-11-25(3)16-19-39-30-15-14-29(32(41)17-18-38(4)5)34-33(30)27(22-36-34)21-28(23-40)37-35(42)31(39)20-26-12-7-6-8-13-26/h6-8,10,12-15,22,25,28,31,36,40H,9,11,16-21,23H2,1-5H3,(H,37,42)/t25-,28-,31-/m0/s1. The minimum Gasteiger partial charge on any atom is -0.394 e. The summed E-state index contributed by atoms with van der Waals surface area (Å²) in [6.07, 6.45) is 8.76. The molecule has 0 unspecified atom stereocenters. The smallest absolute Gasteiger partial charge is 0.243 e. The summed E-state index contributed by atoms with van der Waals surface area (Å²) in [6.45, 7) is 7.78. The highest BCUT2D eigenvalue weighted by molar-refractivity contribution is 6.11. The van der Waals surface area contributed by atoms with Crippen LogP contribution in [0.4, 0.5) is 5.69 Å². The number of allylic oxidation sites excluding steroid dienone is 2. The number of Topliss-reactive ketones (excluding diaryl/α,β-unsaturated/α-hetero) is 1. The van der Waals surface area contributed by atoms with Gasteiger partial charge in [0.2, 0.25) is 5.91 Å². The second-order valence-corrected chi connectivity index (χ2v) is 12.4. The van der Waals surface area contributed by atoms with Crippen molar-refractivity contribution < 1.29 is 14.7 Å². The van der Waals surface area contributed by atoms with E-state index in [-0.39, 0.29) is 18.3 Å². The molecular formula is C35H48N4O3. The van der Waals surface area contributed by atoms with Crippen molar-refractivity contribution >= 4 is 28.3 Å². The molecule has 4 rings (SSSR count). The highest BCUT2D eigenvalue weighted by atomic mass is 16.3. The van der Waals surface area contributed by atoms with Gasteiger partial charge in [-0.25, -0.2) is 0 Å². The summed E-state index contributed by atoms with van der Waals surface area (Å²) in [5.74, 6) is 0.493. The molecule has 7 nitrogen and oxygen atoms in total. The summed E-state index contributed by atoms with van der Waals surface area (Å²) in [7, 11) is 3.94. The molecule has 226 valence electrons. The molecule has 1 aliphatic rings. The Balaban J connectivity index is 1.79. The largest absolute Gasteiger partial charge is 0.394 e. The number of aromatic amines is 1. The maximum absolute atomic E-state index is 14.0. The third-order valence-electron chi connectivity index (χ3n) is 8.35. The van der Waals surface area contributed by atoms with Gasteiger partial charge < -0.3 is 25.2 Å². The van der Waals surface area contributed by atoms with Gasteiger partial charge in [-0.15, -0.1) is 0 Å². The minimum absolute atomic E-state index is 0.0801. The Hall–Kier alpha value is -3.42. The lowest BCUT2D eigenvalue weighted by Gasteiger charge is -2.34. The van der Waals surface area contributed by atoms with Gasteiger partial charge in [-0.2, -0.15) is 0 Å². The number of H-pyrrole nitrogens is 1. The van der Waals surface area contributed by atoms with Gasteiger partial charge in [-0.1, -0.05) is 48.9 Å². The minimum atomic E-state index is -0.467. The van der Waals surface area contributed by atoms with E-state index in [4.69, 9.17) is 0 Å². The van der Waals surface area contributed by atoms with Gasteiger partial charge in [0.05, 0.1) is 18.2 Å². The topological polar surface area (TPSA) is 88.7 Å². The lowest BCUT2D eigenvalue weighted by atomic mass is 9.96. The zero-order chi connectivity index (χ0) is 30.2. The normalized spacial score (nSPS) is 17.9. The summed E-state index contributed by atoms with van der Waals surface area (Å²) in [5, 5.41) is 14.4. The van der Waals surface area contributed by atoms with Crippen molar-refractivity contribution in [1.82, 2.24) is 15.2 Å². The molecule has 0 aliphatic carbocycles. The molecule has 0 radical (unpaired) electrons. The number of amides is 1. The maximum Gasteiger partial charge on any atom is 0.243 e. The van der Waals surface area contributed by atoms with Crippen LogP contribution < -0.4 is 10.2 Å². The highest BCUT2D eigenvalue weighted by Crippen LogP contribution is 2.36. The predicted octanol–water partition coefficient (Wildman–Crippen LogP) is 5.53. The number of aromatic nitrogens is 1. The second kappa shape index (κ2) is 14.7. The SMILES string of the molecule is CC(C)=CCC[C@H](C)CCN1c2ccc(C(=O)CCN(C)C)c3[nH]cc(c23)C[C@@H](CO)NC(=O)[C@@H]1Cc1ccccc1. The number of carbonyl (C=O) groups is 2. The van der Waals surface area contributed by atoms with E-state index in [1.54, 1.807) is 0 Å². The van der Waals surface area contributed by atoms with E-state index in [1.807, 2.05) is 55.5 Å². The highest BCUT2D eigenvalue weighted by Gasteiger charge is 2.33. The summed E-state index contributed by atoms with van der Waals surface area (Å²) in [6, 6.07) is 13.2. The van der Waals surface area contributed by atoms with Gasteiger partial charge in [-0.05, 0) is 82.8 Å². The fraction of sp³-hybridized carbons (Fsp3) is 0.486. The van der Waals surface area contributed by atoms with Crippen molar-refractivity contribution in [3.8, 4) is 0 Å². The number of anilines is 1. The van der Waals surface area contributed by atoms with Crippen LogP contribution in [0.15, 0.2) is 60.3 Å². The van der Waals surface area contributed by atoms with E-state index in [2.05, 4.69) is 54.2 Å². The molecule has 0 bridgehead atoms. The number of rotatable bonds is 13. The fourth-order valence-electron chi connectivity index (χ4n) is 5.90. The molecule has 2 aromatic carbocycles. The average molecular weight is 573 g/mol. The van der Waals surface area contributed by atoms with Crippen LogP contribution in [0.3, 0.4) is 0 Å². The van der Waals surface area contributed by atoms with Crippen molar-refractivity contribution in [3.63, 3.8) is 0 Å². The van der Waals surface area contributed by atoms with Crippen molar-refractivity contribution in [3.05, 3.63) is 77.0 Å². The Morgan fingerprint density at radius 1 is 1.14 bits per heavy atom. The molecule has 0 saturated carbocycles. The molecular weight excluding hydrogens is 524 g/mol. The first-order valence-corrected chi connectivity index (χ1v) is 15.3. The third kappa shape index (κ3) is 7.90. The first kappa shape index (κ1) is 31.5. The number of hydrogen-bond donors (Lipinski definition) is 3. The Morgan fingerprint density at radius 3 is 2.60 bits per heavy atom. The van der Waals surface area contributed by atoms with Crippen molar-refractivity contribution in [1.29, 1.82) is 0 Å². The third-order valence-corrected chi connectivity index (χ3v) is 8.35. The maximum atomic E-state index is 14.0. The van der Waals surface area contributed by atoms with Gasteiger partial charge in [0.25, 0.3) is 0 Å². The number of ketones is 1. The quantitative estimate of drug-likeness (QED) is 0.185. The van der Waals surface area contributed by atoms with Crippen LogP contribution in [-0.2, 0) is 17.6 Å². The zero-order valence-electron chi connectivity index (χ0n) is 26.0. The molecule has 0 saturated heterocycles. The Morgan fingerprint density at radius 2 is 1.90 bits per heavy atom. The summed E-state index contributed by atoms with van der Waals surface area (Å²) < 4.78 is 0. The molecule has 3 N–H and O–H groups in total. The zero-order valence-corrected chi connectivity index (χ0v) is 26.0. The molecule has 0 spiro atoms. The van der Waals surface area contributed by atoms with E-state index >= 15 is 0 Å². The van der Waals surface area contributed by atoms with Crippen molar-refractivity contribution in [2.45, 2.75) is 71.4 Å². The Labute approximate surface area is 251 Å². The van der Waals surface area contributed by atoms with Crippen LogP contribution in [0.5, 0.6) is 0 Å². The van der Waals surface area contributed by atoms with Crippen molar-refractivity contribution in [2.24, 2.45) is 5.92 Å². The van der Waals surface area contributed by atoms with Gasteiger partial charge in [-0.3, -0.25) is 9.59 Å². The first-order chi connectivity index (χ1) is 20.2. The van der Waals surface area contributed by atoms with Gasteiger partial charge in [0, 0.05) is 48.8 Å². The summed E-state index contributed by atoms with van der Waals surface area (Å²) in [5.41, 5.74) is 5.89. The van der Waals surface area contributed by atoms with Gasteiger partial charge >= 0.3 is 0 Å². The number of nitrogens with zero attached hydrogens (tertiary/aromatic N) is 2. The van der Waals surface area contributed by atoms with Crippen LogP contribution in [0, 0.1) is 5.92 Å². The van der Waals surface area contributed by atoms with E-state index in [0.29, 0.717) is 43.8 Å². The number of nitrogens with one attached hydrogen (secondary N) is 2. The molecule has 1 amide bonds. The number of aliphatic hydroxyl groups is 1. The predicted molar refractivity (Wildman–Crippen MR) is 172 cm³/mol. The second-order valence-electron chi connectivity index (χ2n) is 12.4. The first-order valence-electron chi connectivity index (χ1n) is 15.3. The van der Waals surface area contributed by atoms with Crippen LogP contribution in [0.2, 0.25) is 0 Å². The van der Waals surface area contributed by atoms with E-state index in [9.17, 15) is 14.7 Å². The number of aliphatic hydroxyl groups excluding tert-OH is 1. The van der Waals surface area contributed by atoms with E-state index in [0.717, 1.165) is 47.0 Å². The van der Waals surface area contributed by atoms with Crippen LogP contribution >= 0.6 is 0 Å². The number of carbonyl (C=O) groups excluding carboxylic acids is 2. The molecule has 1 aromatic heterocycles. The number of benzene rings is 2. The molecule has 3 aromatic rings. The van der Waals surface area contributed by atoms with Crippen molar-refractivity contribution in [2.75, 3.05) is 38.7 Å². The Kier molecular flexibility index (Phi) is 11.0. The van der Waals surface area contributed by atoms with E-state index < -0.39 is 12.1 Å². The van der Waals surface area contributed by atoms with Gasteiger partial charge in [0.1, 0.15) is 6.04 Å². The van der Waals surface area contributed by atoms with Gasteiger partial charge in [0.15, 0.2) is 5.78 Å². The molecule has 3 atom stereocenters. The molecule has 1 aliphatic heterocycles. The molecule has 42 heavy (non-hydrogen) atoms. The number of hydrogen-bond acceptors (Lipinski definition) is 5. The summed E-state index contributed by atoms with van der Waals surface area (Å²) >= 11 is 0. The molecule has 0 fully saturated rings. The van der Waals surface area contributed by atoms with E-state index in [1.165, 1.54) is 5.57 Å². The monoisotopic (exact) mass is 572 g/mol.